The molecule has 1 heterocycles. The normalized spacial score (nSPS) is 11.4. The van der Waals surface area contributed by atoms with Crippen LogP contribution in [0.5, 0.6) is 0 Å². The van der Waals surface area contributed by atoms with Gasteiger partial charge in [-0.15, -0.1) is 10.2 Å². The number of ether oxygens (including phenoxy) is 1. The zero-order chi connectivity index (χ0) is 15.5. The summed E-state index contributed by atoms with van der Waals surface area (Å²) in [6, 6.07) is 8.04. The molecule has 1 aromatic carbocycles. The van der Waals surface area contributed by atoms with E-state index in [1.165, 1.54) is 10.4 Å². The molecule has 0 saturated heterocycles. The predicted molar refractivity (Wildman–Crippen MR) is 78.6 cm³/mol. The molecular formula is C15H20N4O2. The van der Waals surface area contributed by atoms with Gasteiger partial charge in [0.25, 0.3) is 0 Å². The number of nitrogens with zero attached hydrogens (tertiary/aromatic N) is 4. The number of benzene rings is 1. The Bertz CT molecular complexity index is 611. The summed E-state index contributed by atoms with van der Waals surface area (Å²) in [7, 11) is 0. The average Bonchev–Trinajstić information content (AvgIpc) is 2.86. The third-order valence-corrected chi connectivity index (χ3v) is 3.04. The van der Waals surface area contributed by atoms with E-state index in [-0.39, 0.29) is 17.9 Å². The van der Waals surface area contributed by atoms with Crippen LogP contribution in [0.15, 0.2) is 24.3 Å². The molecule has 2 aromatic rings. The van der Waals surface area contributed by atoms with Crippen LogP contribution in [0.25, 0.3) is 11.4 Å². The van der Waals surface area contributed by atoms with Crippen molar-refractivity contribution in [2.75, 3.05) is 6.61 Å². The lowest BCUT2D eigenvalue weighted by Gasteiger charge is -2.18. The standard InChI is InChI=1S/C15H20N4O2/c1-5-21-13(20)10-19-17-14(16-18-19)11-6-8-12(9-7-11)15(2,3)4/h6-9H,5,10H2,1-4H3. The van der Waals surface area contributed by atoms with Crippen molar-refractivity contribution in [2.24, 2.45) is 0 Å². The van der Waals surface area contributed by atoms with Gasteiger partial charge in [0.1, 0.15) is 0 Å². The highest BCUT2D eigenvalue weighted by molar-refractivity contribution is 5.68. The van der Waals surface area contributed by atoms with E-state index in [9.17, 15) is 4.79 Å². The van der Waals surface area contributed by atoms with Crippen molar-refractivity contribution in [3.63, 3.8) is 0 Å². The number of hydrogen-bond acceptors (Lipinski definition) is 5. The highest BCUT2D eigenvalue weighted by Crippen LogP contribution is 2.24. The Morgan fingerprint density at radius 2 is 1.90 bits per heavy atom. The van der Waals surface area contributed by atoms with Gasteiger partial charge in [-0.3, -0.25) is 0 Å². The lowest BCUT2D eigenvalue weighted by molar-refractivity contribution is -0.144. The van der Waals surface area contributed by atoms with E-state index in [1.54, 1.807) is 6.92 Å². The van der Waals surface area contributed by atoms with E-state index in [0.717, 1.165) is 5.56 Å². The Morgan fingerprint density at radius 1 is 1.24 bits per heavy atom. The van der Waals surface area contributed by atoms with Gasteiger partial charge in [-0.2, -0.15) is 4.80 Å². The van der Waals surface area contributed by atoms with Crippen LogP contribution in [0.3, 0.4) is 0 Å². The van der Waals surface area contributed by atoms with Crippen molar-refractivity contribution in [2.45, 2.75) is 39.7 Å². The number of hydrogen-bond donors (Lipinski definition) is 0. The quantitative estimate of drug-likeness (QED) is 0.807. The van der Waals surface area contributed by atoms with Crippen LogP contribution < -0.4 is 0 Å². The number of tetrazole rings is 1. The third-order valence-electron chi connectivity index (χ3n) is 3.04. The summed E-state index contributed by atoms with van der Waals surface area (Å²) in [4.78, 5) is 12.6. The summed E-state index contributed by atoms with van der Waals surface area (Å²) in [5.74, 6) is 0.129. The lowest BCUT2D eigenvalue weighted by Crippen LogP contribution is -2.15. The largest absolute Gasteiger partial charge is 0.465 e. The highest BCUT2D eigenvalue weighted by atomic mass is 16.5. The molecule has 0 bridgehead atoms. The molecule has 6 nitrogen and oxygen atoms in total. The second kappa shape index (κ2) is 6.03. The van der Waals surface area contributed by atoms with E-state index in [0.29, 0.717) is 12.4 Å². The van der Waals surface area contributed by atoms with E-state index in [4.69, 9.17) is 4.74 Å². The molecule has 2 rings (SSSR count). The molecule has 6 heteroatoms. The summed E-state index contributed by atoms with van der Waals surface area (Å²) in [5.41, 5.74) is 2.22. The van der Waals surface area contributed by atoms with Gasteiger partial charge in [0.05, 0.1) is 6.61 Å². The van der Waals surface area contributed by atoms with Crippen molar-refractivity contribution < 1.29 is 9.53 Å². The van der Waals surface area contributed by atoms with Gasteiger partial charge in [-0.05, 0) is 23.1 Å². The van der Waals surface area contributed by atoms with Crippen molar-refractivity contribution in [1.82, 2.24) is 20.2 Å². The summed E-state index contributed by atoms with van der Waals surface area (Å²) < 4.78 is 4.85. The minimum Gasteiger partial charge on any atom is -0.465 e. The maximum atomic E-state index is 11.4. The fraction of sp³-hybridized carbons (Fsp3) is 0.467. The van der Waals surface area contributed by atoms with Crippen LogP contribution >= 0.6 is 0 Å². The van der Waals surface area contributed by atoms with Crippen LogP contribution in [0.2, 0.25) is 0 Å². The number of aromatic nitrogens is 4. The average molecular weight is 288 g/mol. The highest BCUT2D eigenvalue weighted by Gasteiger charge is 2.14. The first-order valence-corrected chi connectivity index (χ1v) is 6.94. The van der Waals surface area contributed by atoms with Crippen LogP contribution in [-0.2, 0) is 21.5 Å². The van der Waals surface area contributed by atoms with Crippen molar-refractivity contribution in [3.8, 4) is 11.4 Å². The summed E-state index contributed by atoms with van der Waals surface area (Å²) in [6.07, 6.45) is 0. The predicted octanol–water partition coefficient (Wildman–Crippen LogP) is 2.20. The Kier molecular flexibility index (Phi) is 4.35. The molecule has 21 heavy (non-hydrogen) atoms. The smallest absolute Gasteiger partial charge is 0.329 e. The fourth-order valence-corrected chi connectivity index (χ4v) is 1.87. The van der Waals surface area contributed by atoms with Crippen LogP contribution in [0.1, 0.15) is 33.3 Å². The van der Waals surface area contributed by atoms with Gasteiger partial charge in [0.2, 0.25) is 5.82 Å². The lowest BCUT2D eigenvalue weighted by atomic mass is 9.87. The Labute approximate surface area is 124 Å². The monoisotopic (exact) mass is 288 g/mol. The van der Waals surface area contributed by atoms with Crippen molar-refractivity contribution >= 4 is 5.97 Å². The van der Waals surface area contributed by atoms with Gasteiger partial charge < -0.3 is 4.74 Å². The number of rotatable bonds is 4. The van der Waals surface area contributed by atoms with Crippen LogP contribution in [0, 0.1) is 0 Å². The Balaban J connectivity index is 2.12. The first-order valence-electron chi connectivity index (χ1n) is 6.94. The maximum absolute atomic E-state index is 11.4. The van der Waals surface area contributed by atoms with Crippen LogP contribution in [-0.4, -0.2) is 32.8 Å². The van der Waals surface area contributed by atoms with Crippen molar-refractivity contribution in [3.05, 3.63) is 29.8 Å². The van der Waals surface area contributed by atoms with Crippen molar-refractivity contribution in [1.29, 1.82) is 0 Å². The van der Waals surface area contributed by atoms with E-state index < -0.39 is 0 Å². The minimum atomic E-state index is -0.371. The molecule has 0 unspecified atom stereocenters. The zero-order valence-corrected chi connectivity index (χ0v) is 12.8. The molecule has 0 atom stereocenters. The fourth-order valence-electron chi connectivity index (χ4n) is 1.87. The van der Waals surface area contributed by atoms with E-state index in [2.05, 4.69) is 48.3 Å². The van der Waals surface area contributed by atoms with Gasteiger partial charge in [-0.25, -0.2) is 4.79 Å². The minimum absolute atomic E-state index is 0.0269. The molecule has 0 aliphatic rings. The second-order valence-corrected chi connectivity index (χ2v) is 5.78. The number of esters is 1. The number of carbonyl (C=O) groups is 1. The molecule has 0 saturated carbocycles. The maximum Gasteiger partial charge on any atom is 0.329 e. The second-order valence-electron chi connectivity index (χ2n) is 5.78. The summed E-state index contributed by atoms with van der Waals surface area (Å²) >= 11 is 0. The molecule has 0 fully saturated rings. The zero-order valence-electron chi connectivity index (χ0n) is 12.8. The molecule has 112 valence electrons. The first-order chi connectivity index (χ1) is 9.90. The molecule has 0 aliphatic carbocycles. The SMILES string of the molecule is CCOC(=O)Cn1nnc(-c2ccc(C(C)(C)C)cc2)n1. The topological polar surface area (TPSA) is 69.9 Å². The number of carbonyl (C=O) groups excluding carboxylic acids is 1. The molecular weight excluding hydrogens is 268 g/mol. The van der Waals surface area contributed by atoms with E-state index in [1.807, 2.05) is 12.1 Å². The Morgan fingerprint density at radius 3 is 2.48 bits per heavy atom. The molecule has 1 aromatic heterocycles. The summed E-state index contributed by atoms with van der Waals surface area (Å²) in [6.45, 7) is 8.56. The molecule has 0 N–H and O–H groups in total. The van der Waals surface area contributed by atoms with Crippen LogP contribution in [0.4, 0.5) is 0 Å². The van der Waals surface area contributed by atoms with E-state index >= 15 is 0 Å². The molecule has 0 radical (unpaired) electrons. The first kappa shape index (κ1) is 15.2. The molecule has 0 amide bonds. The third kappa shape index (κ3) is 3.87. The molecule has 0 aliphatic heterocycles. The van der Waals surface area contributed by atoms with Gasteiger partial charge >= 0.3 is 5.97 Å². The Hall–Kier alpha value is -2.24. The van der Waals surface area contributed by atoms with Gasteiger partial charge in [-0.1, -0.05) is 45.0 Å². The van der Waals surface area contributed by atoms with Gasteiger partial charge in [0.15, 0.2) is 6.54 Å². The van der Waals surface area contributed by atoms with Gasteiger partial charge in [0, 0.05) is 5.56 Å². The molecule has 0 spiro atoms. The summed E-state index contributed by atoms with van der Waals surface area (Å²) in [5, 5.41) is 12.0.